The number of carbonyl (C=O) groups is 2. The van der Waals surface area contributed by atoms with Crippen molar-refractivity contribution in [2.24, 2.45) is 5.92 Å². The number of benzene rings is 2. The minimum Gasteiger partial charge on any atom is -0.383 e. The van der Waals surface area contributed by atoms with Crippen LogP contribution in [0.1, 0.15) is 25.8 Å². The Morgan fingerprint density at radius 1 is 0.964 bits per heavy atom. The molecule has 6 nitrogen and oxygen atoms in total. The van der Waals surface area contributed by atoms with Crippen LogP contribution in [0.25, 0.3) is 0 Å². The predicted octanol–water partition coefficient (Wildman–Crippen LogP) is 4.35. The molecular formula is C22H29N3O3. The summed E-state index contributed by atoms with van der Waals surface area (Å²) >= 11 is 0. The lowest BCUT2D eigenvalue weighted by Crippen LogP contribution is -2.36. The summed E-state index contributed by atoms with van der Waals surface area (Å²) in [4.78, 5) is 26.3. The Bertz CT molecular complexity index is 745. The second kappa shape index (κ2) is 11.1. The SMILES string of the molecule is COCCN(Cc1ccccc1)C(=O)Nc1ccc(NC(=O)CC(C)C)cc1. The minimum absolute atomic E-state index is 0.0135. The van der Waals surface area contributed by atoms with Gasteiger partial charge in [-0.3, -0.25) is 4.79 Å². The molecule has 0 saturated heterocycles. The third kappa shape index (κ3) is 7.40. The Balaban J connectivity index is 1.96. The van der Waals surface area contributed by atoms with Crippen molar-refractivity contribution in [2.75, 3.05) is 30.9 Å². The maximum atomic E-state index is 12.7. The third-order valence-electron chi connectivity index (χ3n) is 4.08. The summed E-state index contributed by atoms with van der Waals surface area (Å²) in [5.74, 6) is 0.293. The van der Waals surface area contributed by atoms with Gasteiger partial charge in [0.1, 0.15) is 0 Å². The molecule has 0 aliphatic heterocycles. The second-order valence-corrected chi connectivity index (χ2v) is 7.05. The quantitative estimate of drug-likeness (QED) is 0.676. The maximum Gasteiger partial charge on any atom is 0.322 e. The van der Waals surface area contributed by atoms with E-state index >= 15 is 0 Å². The van der Waals surface area contributed by atoms with Gasteiger partial charge in [0.25, 0.3) is 0 Å². The highest BCUT2D eigenvalue weighted by Gasteiger charge is 2.14. The molecule has 0 heterocycles. The molecular weight excluding hydrogens is 354 g/mol. The van der Waals surface area contributed by atoms with Gasteiger partial charge in [-0.1, -0.05) is 44.2 Å². The molecule has 0 radical (unpaired) electrons. The second-order valence-electron chi connectivity index (χ2n) is 7.05. The summed E-state index contributed by atoms with van der Waals surface area (Å²) in [6.45, 7) is 5.45. The summed E-state index contributed by atoms with van der Waals surface area (Å²) in [5, 5.41) is 5.76. The van der Waals surface area contributed by atoms with Crippen LogP contribution >= 0.6 is 0 Å². The lowest BCUT2D eigenvalue weighted by atomic mass is 10.1. The Kier molecular flexibility index (Phi) is 8.49. The van der Waals surface area contributed by atoms with Gasteiger partial charge in [0.05, 0.1) is 6.61 Å². The molecule has 0 spiro atoms. The first-order valence-corrected chi connectivity index (χ1v) is 9.46. The highest BCUT2D eigenvalue weighted by Crippen LogP contribution is 2.16. The fourth-order valence-corrected chi connectivity index (χ4v) is 2.68. The topological polar surface area (TPSA) is 70.7 Å². The summed E-state index contributed by atoms with van der Waals surface area (Å²) < 4.78 is 5.13. The Morgan fingerprint density at radius 2 is 1.57 bits per heavy atom. The van der Waals surface area contributed by atoms with Gasteiger partial charge in [0.15, 0.2) is 0 Å². The van der Waals surface area contributed by atoms with Crippen LogP contribution in [0.4, 0.5) is 16.2 Å². The number of nitrogens with one attached hydrogen (secondary N) is 2. The lowest BCUT2D eigenvalue weighted by molar-refractivity contribution is -0.116. The van der Waals surface area contributed by atoms with Crippen LogP contribution in [0.5, 0.6) is 0 Å². The van der Waals surface area contributed by atoms with Crippen LogP contribution in [0.15, 0.2) is 54.6 Å². The van der Waals surface area contributed by atoms with E-state index in [1.165, 1.54) is 0 Å². The molecule has 0 unspecified atom stereocenters. The van der Waals surface area contributed by atoms with E-state index in [2.05, 4.69) is 10.6 Å². The van der Waals surface area contributed by atoms with E-state index in [1.54, 1.807) is 36.3 Å². The van der Waals surface area contributed by atoms with Gasteiger partial charge in [-0.05, 0) is 35.7 Å². The van der Waals surface area contributed by atoms with Gasteiger partial charge in [-0.2, -0.15) is 0 Å². The van der Waals surface area contributed by atoms with Gasteiger partial charge in [0, 0.05) is 38.0 Å². The molecule has 0 aliphatic rings. The van der Waals surface area contributed by atoms with Crippen LogP contribution in [0, 0.1) is 5.92 Å². The molecule has 2 aromatic rings. The minimum atomic E-state index is -0.197. The number of hydrogen-bond donors (Lipinski definition) is 2. The van der Waals surface area contributed by atoms with Crippen molar-refractivity contribution in [1.82, 2.24) is 4.90 Å². The first-order valence-electron chi connectivity index (χ1n) is 9.46. The van der Waals surface area contributed by atoms with E-state index in [9.17, 15) is 9.59 Å². The van der Waals surface area contributed by atoms with Crippen molar-refractivity contribution < 1.29 is 14.3 Å². The number of ether oxygens (including phenoxy) is 1. The van der Waals surface area contributed by atoms with Gasteiger partial charge in [0.2, 0.25) is 5.91 Å². The van der Waals surface area contributed by atoms with Crippen molar-refractivity contribution in [1.29, 1.82) is 0 Å². The summed E-state index contributed by atoms with van der Waals surface area (Å²) in [7, 11) is 1.62. The number of hydrogen-bond acceptors (Lipinski definition) is 3. The number of carbonyl (C=O) groups excluding carboxylic acids is 2. The Morgan fingerprint density at radius 3 is 2.14 bits per heavy atom. The van der Waals surface area contributed by atoms with E-state index in [-0.39, 0.29) is 11.9 Å². The van der Waals surface area contributed by atoms with Crippen molar-refractivity contribution in [3.63, 3.8) is 0 Å². The smallest absolute Gasteiger partial charge is 0.322 e. The van der Waals surface area contributed by atoms with Gasteiger partial charge in [-0.25, -0.2) is 4.79 Å². The molecule has 0 bridgehead atoms. The monoisotopic (exact) mass is 383 g/mol. The van der Waals surface area contributed by atoms with E-state index in [4.69, 9.17) is 4.74 Å². The normalized spacial score (nSPS) is 10.6. The number of methoxy groups -OCH3 is 1. The van der Waals surface area contributed by atoms with Gasteiger partial charge in [-0.15, -0.1) is 0 Å². The number of nitrogens with zero attached hydrogens (tertiary/aromatic N) is 1. The summed E-state index contributed by atoms with van der Waals surface area (Å²) in [5.41, 5.74) is 2.43. The summed E-state index contributed by atoms with van der Waals surface area (Å²) in [6.07, 6.45) is 0.479. The molecule has 0 aromatic heterocycles. The molecule has 2 aromatic carbocycles. The van der Waals surface area contributed by atoms with E-state index in [0.29, 0.717) is 43.4 Å². The Hall–Kier alpha value is -2.86. The number of urea groups is 1. The van der Waals surface area contributed by atoms with Crippen LogP contribution in [-0.2, 0) is 16.1 Å². The molecule has 0 atom stereocenters. The Labute approximate surface area is 166 Å². The molecule has 150 valence electrons. The van der Waals surface area contributed by atoms with Crippen molar-refractivity contribution >= 4 is 23.3 Å². The maximum absolute atomic E-state index is 12.7. The lowest BCUT2D eigenvalue weighted by Gasteiger charge is -2.23. The van der Waals surface area contributed by atoms with Crippen LogP contribution in [0.2, 0.25) is 0 Å². The first kappa shape index (κ1) is 21.4. The molecule has 0 fully saturated rings. The molecule has 2 rings (SSSR count). The molecule has 0 aliphatic carbocycles. The fourth-order valence-electron chi connectivity index (χ4n) is 2.68. The molecule has 28 heavy (non-hydrogen) atoms. The molecule has 3 amide bonds. The highest BCUT2D eigenvalue weighted by atomic mass is 16.5. The molecule has 6 heteroatoms. The average molecular weight is 383 g/mol. The van der Waals surface area contributed by atoms with Gasteiger partial charge < -0.3 is 20.3 Å². The third-order valence-corrected chi connectivity index (χ3v) is 4.08. The largest absolute Gasteiger partial charge is 0.383 e. The zero-order chi connectivity index (χ0) is 20.4. The zero-order valence-electron chi connectivity index (χ0n) is 16.8. The number of anilines is 2. The molecule has 2 N–H and O–H groups in total. The van der Waals surface area contributed by atoms with E-state index in [1.807, 2.05) is 44.2 Å². The van der Waals surface area contributed by atoms with Crippen LogP contribution < -0.4 is 10.6 Å². The number of rotatable bonds is 9. The van der Waals surface area contributed by atoms with E-state index in [0.717, 1.165) is 5.56 Å². The predicted molar refractivity (Wildman–Crippen MR) is 112 cm³/mol. The van der Waals surface area contributed by atoms with Crippen molar-refractivity contribution in [2.45, 2.75) is 26.8 Å². The van der Waals surface area contributed by atoms with E-state index < -0.39 is 0 Å². The first-order chi connectivity index (χ1) is 13.5. The van der Waals surface area contributed by atoms with Crippen LogP contribution in [-0.4, -0.2) is 37.1 Å². The standard InChI is InChI=1S/C22H29N3O3/c1-17(2)15-21(26)23-19-9-11-20(12-10-19)24-22(27)25(13-14-28-3)16-18-7-5-4-6-8-18/h4-12,17H,13-16H2,1-3H3,(H,23,26)(H,24,27). The molecule has 0 saturated carbocycles. The van der Waals surface area contributed by atoms with Gasteiger partial charge >= 0.3 is 6.03 Å². The van der Waals surface area contributed by atoms with Crippen molar-refractivity contribution in [3.05, 3.63) is 60.2 Å². The zero-order valence-corrected chi connectivity index (χ0v) is 16.8. The average Bonchev–Trinajstić information content (AvgIpc) is 2.66. The summed E-state index contributed by atoms with van der Waals surface area (Å²) in [6, 6.07) is 16.8. The fraction of sp³-hybridized carbons (Fsp3) is 0.364. The highest BCUT2D eigenvalue weighted by molar-refractivity contribution is 5.92. The van der Waals surface area contributed by atoms with Crippen LogP contribution in [0.3, 0.4) is 0 Å². The van der Waals surface area contributed by atoms with Crippen molar-refractivity contribution in [3.8, 4) is 0 Å². The number of amides is 3.